The fraction of sp³-hybridized carbons (Fsp3) is 0.214. The van der Waals surface area contributed by atoms with E-state index < -0.39 is 5.97 Å². The molecule has 1 unspecified atom stereocenters. The van der Waals surface area contributed by atoms with Crippen LogP contribution in [0.2, 0.25) is 0 Å². The summed E-state index contributed by atoms with van der Waals surface area (Å²) in [7, 11) is 0. The van der Waals surface area contributed by atoms with E-state index in [2.05, 4.69) is 15.5 Å². The molecule has 1 aromatic heterocycles. The smallest absolute Gasteiger partial charge is 0.305 e. The van der Waals surface area contributed by atoms with E-state index in [1.54, 1.807) is 13.0 Å². The molecule has 0 spiro atoms. The largest absolute Gasteiger partial charge is 0.481 e. The molecule has 5 heteroatoms. The van der Waals surface area contributed by atoms with Gasteiger partial charge < -0.3 is 10.4 Å². The molecule has 0 amide bonds. The number of nitrogens with one attached hydrogen (secondary N) is 1. The van der Waals surface area contributed by atoms with E-state index in [-0.39, 0.29) is 12.5 Å². The molecule has 19 heavy (non-hydrogen) atoms. The predicted octanol–water partition coefficient (Wildman–Crippen LogP) is 2.42. The standard InChI is InChI=1S/C14H15N3O2/c1-10(9-14(18)19)15-13-8-7-12(16-17-13)11-5-3-2-4-6-11/h2-8,10H,9H2,1H3,(H,15,17)(H,18,19). The third-order valence-electron chi connectivity index (χ3n) is 2.61. The Kier molecular flexibility index (Phi) is 4.07. The van der Waals surface area contributed by atoms with E-state index in [4.69, 9.17) is 5.11 Å². The van der Waals surface area contributed by atoms with Crippen molar-refractivity contribution < 1.29 is 9.90 Å². The molecule has 0 saturated heterocycles. The maximum Gasteiger partial charge on any atom is 0.305 e. The Bertz CT molecular complexity index is 540. The SMILES string of the molecule is CC(CC(=O)O)Nc1ccc(-c2ccccc2)nn1. The maximum absolute atomic E-state index is 10.6. The Balaban J connectivity index is 2.05. The summed E-state index contributed by atoms with van der Waals surface area (Å²) in [6.45, 7) is 1.79. The summed E-state index contributed by atoms with van der Waals surface area (Å²) < 4.78 is 0. The number of hydrogen-bond donors (Lipinski definition) is 2. The quantitative estimate of drug-likeness (QED) is 0.860. The molecule has 0 aliphatic rings. The van der Waals surface area contributed by atoms with Crippen LogP contribution in [0.5, 0.6) is 0 Å². The second-order valence-corrected chi connectivity index (χ2v) is 4.31. The number of aliphatic carboxylic acids is 1. The summed E-state index contributed by atoms with van der Waals surface area (Å²) in [5.41, 5.74) is 1.79. The first kappa shape index (κ1) is 13.0. The normalized spacial score (nSPS) is 11.8. The number of carboxylic acids is 1. The van der Waals surface area contributed by atoms with Gasteiger partial charge in [-0.1, -0.05) is 30.3 Å². The summed E-state index contributed by atoms with van der Waals surface area (Å²) in [5.74, 6) is -0.262. The van der Waals surface area contributed by atoms with Crippen molar-refractivity contribution in [2.24, 2.45) is 0 Å². The summed E-state index contributed by atoms with van der Waals surface area (Å²) in [6.07, 6.45) is 0.0438. The van der Waals surface area contributed by atoms with Crippen molar-refractivity contribution in [2.45, 2.75) is 19.4 Å². The van der Waals surface area contributed by atoms with Crippen molar-refractivity contribution in [3.8, 4) is 11.3 Å². The van der Waals surface area contributed by atoms with Crippen LogP contribution in [0.25, 0.3) is 11.3 Å². The Morgan fingerprint density at radius 1 is 1.21 bits per heavy atom. The van der Waals surface area contributed by atoms with Crippen LogP contribution in [0.15, 0.2) is 42.5 Å². The van der Waals surface area contributed by atoms with Gasteiger partial charge in [0, 0.05) is 11.6 Å². The molecule has 0 aliphatic heterocycles. The lowest BCUT2D eigenvalue weighted by Crippen LogP contribution is -2.20. The molecule has 0 saturated carbocycles. The summed E-state index contributed by atoms with van der Waals surface area (Å²) in [6, 6.07) is 13.2. The average molecular weight is 257 g/mol. The second-order valence-electron chi connectivity index (χ2n) is 4.31. The van der Waals surface area contributed by atoms with E-state index >= 15 is 0 Å². The van der Waals surface area contributed by atoms with Crippen LogP contribution in [-0.4, -0.2) is 27.3 Å². The molecular formula is C14H15N3O2. The van der Waals surface area contributed by atoms with Gasteiger partial charge >= 0.3 is 5.97 Å². The van der Waals surface area contributed by atoms with Gasteiger partial charge in [-0.3, -0.25) is 4.79 Å². The third kappa shape index (κ3) is 3.77. The van der Waals surface area contributed by atoms with Crippen molar-refractivity contribution in [3.05, 3.63) is 42.5 Å². The number of hydrogen-bond acceptors (Lipinski definition) is 4. The zero-order valence-corrected chi connectivity index (χ0v) is 10.6. The van der Waals surface area contributed by atoms with Gasteiger partial charge in [-0.15, -0.1) is 10.2 Å². The first-order chi connectivity index (χ1) is 9.15. The molecular weight excluding hydrogens is 242 g/mol. The zero-order chi connectivity index (χ0) is 13.7. The van der Waals surface area contributed by atoms with Crippen LogP contribution in [0.1, 0.15) is 13.3 Å². The molecule has 2 N–H and O–H groups in total. The van der Waals surface area contributed by atoms with Crippen molar-refractivity contribution in [1.82, 2.24) is 10.2 Å². The molecule has 2 aromatic rings. The van der Waals surface area contributed by atoms with E-state index in [0.717, 1.165) is 11.3 Å². The number of benzene rings is 1. The third-order valence-corrected chi connectivity index (χ3v) is 2.61. The molecule has 0 radical (unpaired) electrons. The lowest BCUT2D eigenvalue weighted by atomic mass is 10.1. The van der Waals surface area contributed by atoms with Crippen LogP contribution in [-0.2, 0) is 4.79 Å². The molecule has 2 rings (SSSR count). The fourth-order valence-electron chi connectivity index (χ4n) is 1.74. The molecule has 1 atom stereocenters. The first-order valence-corrected chi connectivity index (χ1v) is 6.02. The van der Waals surface area contributed by atoms with Gasteiger partial charge in [0.25, 0.3) is 0 Å². The predicted molar refractivity (Wildman–Crippen MR) is 72.8 cm³/mol. The van der Waals surface area contributed by atoms with Crippen LogP contribution < -0.4 is 5.32 Å². The molecule has 0 fully saturated rings. The minimum atomic E-state index is -0.839. The van der Waals surface area contributed by atoms with E-state index in [1.807, 2.05) is 36.4 Å². The van der Waals surface area contributed by atoms with Crippen LogP contribution >= 0.6 is 0 Å². The van der Waals surface area contributed by atoms with Gasteiger partial charge in [0.2, 0.25) is 0 Å². The van der Waals surface area contributed by atoms with Crippen molar-refractivity contribution in [1.29, 1.82) is 0 Å². The van der Waals surface area contributed by atoms with Gasteiger partial charge in [0.15, 0.2) is 0 Å². The Morgan fingerprint density at radius 2 is 1.95 bits per heavy atom. The Labute approximate surface area is 111 Å². The number of nitrogens with zero attached hydrogens (tertiary/aromatic N) is 2. The van der Waals surface area contributed by atoms with Gasteiger partial charge in [-0.2, -0.15) is 0 Å². The summed E-state index contributed by atoms with van der Waals surface area (Å²) in [4.78, 5) is 10.6. The summed E-state index contributed by atoms with van der Waals surface area (Å²) in [5, 5.41) is 19.8. The molecule has 1 aromatic carbocycles. The zero-order valence-electron chi connectivity index (χ0n) is 10.6. The topological polar surface area (TPSA) is 75.1 Å². The molecule has 5 nitrogen and oxygen atoms in total. The highest BCUT2D eigenvalue weighted by atomic mass is 16.4. The number of carbonyl (C=O) groups is 1. The highest BCUT2D eigenvalue weighted by Gasteiger charge is 2.08. The lowest BCUT2D eigenvalue weighted by molar-refractivity contribution is -0.137. The number of carboxylic acid groups (broad SMARTS) is 1. The van der Waals surface area contributed by atoms with Gasteiger partial charge in [-0.25, -0.2) is 0 Å². The van der Waals surface area contributed by atoms with Crippen LogP contribution in [0, 0.1) is 0 Å². The minimum absolute atomic E-state index is 0.0438. The van der Waals surface area contributed by atoms with Crippen molar-refractivity contribution in [3.63, 3.8) is 0 Å². The van der Waals surface area contributed by atoms with Gasteiger partial charge in [0.1, 0.15) is 5.82 Å². The molecule has 0 aliphatic carbocycles. The molecule has 0 bridgehead atoms. The second kappa shape index (κ2) is 5.95. The van der Waals surface area contributed by atoms with Gasteiger partial charge in [-0.05, 0) is 19.1 Å². The van der Waals surface area contributed by atoms with E-state index in [9.17, 15) is 4.79 Å². The van der Waals surface area contributed by atoms with Crippen LogP contribution in [0.3, 0.4) is 0 Å². The van der Waals surface area contributed by atoms with Crippen molar-refractivity contribution in [2.75, 3.05) is 5.32 Å². The number of aromatic nitrogens is 2. The van der Waals surface area contributed by atoms with E-state index in [1.165, 1.54) is 0 Å². The lowest BCUT2D eigenvalue weighted by Gasteiger charge is -2.11. The van der Waals surface area contributed by atoms with Crippen molar-refractivity contribution >= 4 is 11.8 Å². The van der Waals surface area contributed by atoms with Gasteiger partial charge in [0.05, 0.1) is 12.1 Å². The molecule has 98 valence electrons. The fourth-order valence-corrected chi connectivity index (χ4v) is 1.74. The Hall–Kier alpha value is -2.43. The number of anilines is 1. The molecule has 1 heterocycles. The maximum atomic E-state index is 10.6. The highest BCUT2D eigenvalue weighted by Crippen LogP contribution is 2.16. The van der Waals surface area contributed by atoms with E-state index in [0.29, 0.717) is 5.82 Å². The monoisotopic (exact) mass is 257 g/mol. The van der Waals surface area contributed by atoms with Crippen LogP contribution in [0.4, 0.5) is 5.82 Å². The first-order valence-electron chi connectivity index (χ1n) is 6.02. The average Bonchev–Trinajstić information content (AvgIpc) is 2.39. The number of rotatable bonds is 5. The minimum Gasteiger partial charge on any atom is -0.481 e. The Morgan fingerprint density at radius 3 is 2.53 bits per heavy atom. The highest BCUT2D eigenvalue weighted by molar-refractivity contribution is 5.68. The summed E-state index contributed by atoms with van der Waals surface area (Å²) >= 11 is 0.